The van der Waals surface area contributed by atoms with E-state index in [1.54, 1.807) is 6.92 Å². The monoisotopic (exact) mass is 293 g/mol. The van der Waals surface area contributed by atoms with Gasteiger partial charge in [-0.25, -0.2) is 13.2 Å². The molecule has 2 rings (SSSR count). The highest BCUT2D eigenvalue weighted by atomic mass is 19.2. The Labute approximate surface area is 120 Å². The predicted molar refractivity (Wildman–Crippen MR) is 73.4 cm³/mol. The van der Waals surface area contributed by atoms with Crippen molar-refractivity contribution in [2.24, 2.45) is 0 Å². The lowest BCUT2D eigenvalue weighted by atomic mass is 10.1. The smallest absolute Gasteiger partial charge is 0.251 e. The second-order valence-corrected chi connectivity index (χ2v) is 4.86. The maximum Gasteiger partial charge on any atom is 0.251 e. The summed E-state index contributed by atoms with van der Waals surface area (Å²) in [4.78, 5) is 11.9. The number of hydrogen-bond donors (Lipinski definition) is 1. The Kier molecular flexibility index (Phi) is 4.31. The average molecular weight is 293 g/mol. The molecule has 0 heterocycles. The average Bonchev–Trinajstić information content (AvgIpc) is 2.44. The van der Waals surface area contributed by atoms with Crippen molar-refractivity contribution in [1.82, 2.24) is 5.32 Å². The molecule has 2 aromatic rings. The van der Waals surface area contributed by atoms with Crippen LogP contribution in [0.1, 0.15) is 34.5 Å². The minimum atomic E-state index is -1.59. The molecular formula is C16H14F3NO. The molecule has 21 heavy (non-hydrogen) atoms. The molecular weight excluding hydrogens is 279 g/mol. The van der Waals surface area contributed by atoms with Crippen molar-refractivity contribution < 1.29 is 18.0 Å². The topological polar surface area (TPSA) is 29.1 Å². The first-order chi connectivity index (χ1) is 9.88. The number of amides is 1. The van der Waals surface area contributed by atoms with Gasteiger partial charge in [-0.1, -0.05) is 29.8 Å². The van der Waals surface area contributed by atoms with E-state index in [0.29, 0.717) is 12.1 Å². The summed E-state index contributed by atoms with van der Waals surface area (Å²) in [5.74, 6) is -5.02. The van der Waals surface area contributed by atoms with Crippen LogP contribution in [-0.2, 0) is 0 Å². The van der Waals surface area contributed by atoms with Crippen LogP contribution in [0.25, 0.3) is 0 Å². The minimum Gasteiger partial charge on any atom is -0.346 e. The highest BCUT2D eigenvalue weighted by Gasteiger charge is 2.17. The molecule has 0 aliphatic heterocycles. The van der Waals surface area contributed by atoms with E-state index in [1.807, 2.05) is 31.2 Å². The van der Waals surface area contributed by atoms with Crippen LogP contribution in [0.15, 0.2) is 36.4 Å². The molecule has 1 amide bonds. The zero-order valence-electron chi connectivity index (χ0n) is 11.6. The number of halogens is 3. The van der Waals surface area contributed by atoms with Crippen LogP contribution in [-0.4, -0.2) is 5.91 Å². The van der Waals surface area contributed by atoms with E-state index in [4.69, 9.17) is 0 Å². The number of benzene rings is 2. The molecule has 1 N–H and O–H groups in total. The van der Waals surface area contributed by atoms with Crippen molar-refractivity contribution in [2.75, 3.05) is 0 Å². The lowest BCUT2D eigenvalue weighted by Crippen LogP contribution is -2.27. The number of rotatable bonds is 3. The van der Waals surface area contributed by atoms with E-state index in [2.05, 4.69) is 5.32 Å². The van der Waals surface area contributed by atoms with E-state index >= 15 is 0 Å². The Morgan fingerprint density at radius 2 is 1.57 bits per heavy atom. The zero-order chi connectivity index (χ0) is 15.6. The standard InChI is InChI=1S/C16H14F3NO/c1-9-3-5-11(6-4-9)10(2)20-16(21)12-7-13(17)15(19)14(18)8-12/h3-8,10H,1-2H3,(H,20,21). The first-order valence-electron chi connectivity index (χ1n) is 6.40. The molecule has 0 spiro atoms. The third-order valence-electron chi connectivity index (χ3n) is 3.17. The van der Waals surface area contributed by atoms with Crippen LogP contribution in [0.5, 0.6) is 0 Å². The van der Waals surface area contributed by atoms with Crippen molar-refractivity contribution in [1.29, 1.82) is 0 Å². The summed E-state index contributed by atoms with van der Waals surface area (Å²) in [6.45, 7) is 3.69. The van der Waals surface area contributed by atoms with Gasteiger partial charge in [0.1, 0.15) is 0 Å². The number of nitrogens with one attached hydrogen (secondary N) is 1. The predicted octanol–water partition coefficient (Wildman–Crippen LogP) is 3.90. The van der Waals surface area contributed by atoms with Gasteiger partial charge >= 0.3 is 0 Å². The van der Waals surface area contributed by atoms with E-state index in [1.165, 1.54) is 0 Å². The molecule has 0 aliphatic rings. The lowest BCUT2D eigenvalue weighted by Gasteiger charge is -2.15. The van der Waals surface area contributed by atoms with E-state index in [0.717, 1.165) is 11.1 Å². The van der Waals surface area contributed by atoms with Gasteiger partial charge in [0.25, 0.3) is 5.91 Å². The summed E-state index contributed by atoms with van der Waals surface area (Å²) in [5.41, 5.74) is 1.68. The van der Waals surface area contributed by atoms with E-state index in [-0.39, 0.29) is 11.6 Å². The van der Waals surface area contributed by atoms with Gasteiger partial charge in [-0.2, -0.15) is 0 Å². The fraction of sp³-hybridized carbons (Fsp3) is 0.188. The first kappa shape index (κ1) is 15.1. The molecule has 1 atom stereocenters. The maximum absolute atomic E-state index is 13.1. The van der Waals surface area contributed by atoms with Gasteiger partial charge in [0.05, 0.1) is 6.04 Å². The third-order valence-corrected chi connectivity index (χ3v) is 3.17. The highest BCUT2D eigenvalue weighted by Crippen LogP contribution is 2.16. The van der Waals surface area contributed by atoms with Crippen LogP contribution >= 0.6 is 0 Å². The van der Waals surface area contributed by atoms with Gasteiger partial charge in [-0.3, -0.25) is 4.79 Å². The normalized spacial score (nSPS) is 12.0. The summed E-state index contributed by atoms with van der Waals surface area (Å²) in [6.07, 6.45) is 0. The highest BCUT2D eigenvalue weighted by molar-refractivity contribution is 5.94. The van der Waals surface area contributed by atoms with Crippen LogP contribution < -0.4 is 5.32 Å². The molecule has 0 aliphatic carbocycles. The molecule has 0 saturated heterocycles. The van der Waals surface area contributed by atoms with Crippen LogP contribution in [0.3, 0.4) is 0 Å². The van der Waals surface area contributed by atoms with Crippen LogP contribution in [0, 0.1) is 24.4 Å². The fourth-order valence-corrected chi connectivity index (χ4v) is 1.91. The van der Waals surface area contributed by atoms with Crippen molar-refractivity contribution >= 4 is 5.91 Å². The molecule has 0 aromatic heterocycles. The quantitative estimate of drug-likeness (QED) is 0.854. The third kappa shape index (κ3) is 3.42. The Balaban J connectivity index is 2.16. The summed E-state index contributed by atoms with van der Waals surface area (Å²) < 4.78 is 39.1. The molecule has 0 fully saturated rings. The molecule has 1 unspecified atom stereocenters. The van der Waals surface area contributed by atoms with E-state index in [9.17, 15) is 18.0 Å². The number of aryl methyl sites for hydroxylation is 1. The number of carbonyl (C=O) groups excluding carboxylic acids is 1. The lowest BCUT2D eigenvalue weighted by molar-refractivity contribution is 0.0938. The Morgan fingerprint density at radius 1 is 1.05 bits per heavy atom. The maximum atomic E-state index is 13.1. The molecule has 0 bridgehead atoms. The molecule has 2 aromatic carbocycles. The van der Waals surface area contributed by atoms with Crippen molar-refractivity contribution in [3.8, 4) is 0 Å². The Bertz CT molecular complexity index is 645. The Hall–Kier alpha value is -2.30. The molecule has 2 nitrogen and oxygen atoms in total. The Morgan fingerprint density at radius 3 is 2.10 bits per heavy atom. The van der Waals surface area contributed by atoms with Gasteiger partial charge in [0.15, 0.2) is 17.5 Å². The second-order valence-electron chi connectivity index (χ2n) is 4.86. The summed E-state index contributed by atoms with van der Waals surface area (Å²) >= 11 is 0. The second kappa shape index (κ2) is 5.99. The molecule has 0 radical (unpaired) electrons. The number of hydrogen-bond acceptors (Lipinski definition) is 1. The first-order valence-corrected chi connectivity index (χ1v) is 6.40. The van der Waals surface area contributed by atoms with Crippen molar-refractivity contribution in [2.45, 2.75) is 19.9 Å². The van der Waals surface area contributed by atoms with Gasteiger partial charge in [-0.05, 0) is 31.5 Å². The van der Waals surface area contributed by atoms with Gasteiger partial charge in [0.2, 0.25) is 0 Å². The van der Waals surface area contributed by atoms with Gasteiger partial charge in [-0.15, -0.1) is 0 Å². The van der Waals surface area contributed by atoms with E-state index < -0.39 is 23.4 Å². The number of carbonyl (C=O) groups is 1. The molecule has 5 heteroatoms. The minimum absolute atomic E-state index is 0.259. The molecule has 110 valence electrons. The largest absolute Gasteiger partial charge is 0.346 e. The van der Waals surface area contributed by atoms with Crippen LogP contribution in [0.4, 0.5) is 13.2 Å². The van der Waals surface area contributed by atoms with Crippen molar-refractivity contribution in [3.05, 3.63) is 70.5 Å². The van der Waals surface area contributed by atoms with Crippen LogP contribution in [0.2, 0.25) is 0 Å². The van der Waals surface area contributed by atoms with Crippen molar-refractivity contribution in [3.63, 3.8) is 0 Å². The van der Waals surface area contributed by atoms with Gasteiger partial charge in [0, 0.05) is 5.56 Å². The van der Waals surface area contributed by atoms with Gasteiger partial charge < -0.3 is 5.32 Å². The fourth-order valence-electron chi connectivity index (χ4n) is 1.91. The summed E-state index contributed by atoms with van der Waals surface area (Å²) in [6, 6.07) is 8.52. The summed E-state index contributed by atoms with van der Waals surface area (Å²) in [5, 5.41) is 2.61. The zero-order valence-corrected chi connectivity index (χ0v) is 11.6. The molecule has 0 saturated carbocycles. The SMILES string of the molecule is Cc1ccc(C(C)NC(=O)c2cc(F)c(F)c(F)c2)cc1. The summed E-state index contributed by atoms with van der Waals surface area (Å²) in [7, 11) is 0.